The van der Waals surface area contributed by atoms with Crippen LogP contribution in [0.2, 0.25) is 0 Å². The van der Waals surface area contributed by atoms with Crippen LogP contribution in [0.4, 0.5) is 13.2 Å². The Bertz CT molecular complexity index is 2210. The van der Waals surface area contributed by atoms with Gasteiger partial charge in [-0.2, -0.15) is 13.2 Å². The number of thiazole rings is 1. The Hall–Kier alpha value is -4.38. The molecule has 0 spiro atoms. The molecular weight excluding hydrogens is 798 g/mol. The van der Waals surface area contributed by atoms with E-state index in [1.165, 1.54) is 16.3 Å². The van der Waals surface area contributed by atoms with Gasteiger partial charge in [0, 0.05) is 78.2 Å². The number of amides is 2. The fraction of sp³-hybridized carbons (Fsp3) is 0.568. The lowest BCUT2D eigenvalue weighted by Gasteiger charge is -2.37. The molecule has 2 fully saturated rings. The number of rotatable bonds is 10. The number of ether oxygens (including phenoxy) is 3. The molecule has 7 rings (SSSR count). The van der Waals surface area contributed by atoms with E-state index in [1.54, 1.807) is 13.3 Å². The first-order valence-corrected chi connectivity index (χ1v) is 21.7. The molecule has 324 valence electrons. The molecule has 1 saturated carbocycles. The summed E-state index contributed by atoms with van der Waals surface area (Å²) >= 11 is 1.21. The second kappa shape index (κ2) is 17.5. The zero-order chi connectivity index (χ0) is 43.1. The number of hydrogen-bond acceptors (Lipinski definition) is 10. The van der Waals surface area contributed by atoms with E-state index < -0.39 is 48.1 Å². The van der Waals surface area contributed by atoms with Crippen LogP contribution in [-0.2, 0) is 41.6 Å². The maximum Gasteiger partial charge on any atom is 0.389 e. The minimum Gasteiger partial charge on any atom is -0.464 e. The zero-order valence-corrected chi connectivity index (χ0v) is 36.0. The number of fused-ring (bicyclic) bond motifs is 6. The van der Waals surface area contributed by atoms with Crippen LogP contribution >= 0.6 is 11.3 Å². The van der Waals surface area contributed by atoms with Crippen molar-refractivity contribution in [1.82, 2.24) is 30.3 Å². The maximum absolute atomic E-state index is 14.6. The molecule has 6 bridgehead atoms. The summed E-state index contributed by atoms with van der Waals surface area (Å²) in [6, 6.07) is 7.86. The summed E-state index contributed by atoms with van der Waals surface area (Å²) in [4.78, 5) is 52.0. The topological polar surface area (TPSA) is 137 Å². The van der Waals surface area contributed by atoms with Crippen LogP contribution in [0.3, 0.4) is 0 Å². The number of aromatic nitrogens is 3. The molecule has 60 heavy (non-hydrogen) atoms. The van der Waals surface area contributed by atoms with Crippen LogP contribution in [0.15, 0.2) is 41.9 Å². The number of alkyl halides is 3. The Morgan fingerprint density at radius 1 is 1.18 bits per heavy atom. The van der Waals surface area contributed by atoms with Gasteiger partial charge in [0.2, 0.25) is 5.91 Å². The van der Waals surface area contributed by atoms with Crippen molar-refractivity contribution in [2.45, 2.75) is 111 Å². The summed E-state index contributed by atoms with van der Waals surface area (Å²) in [5.41, 5.74) is 8.59. The third kappa shape index (κ3) is 9.12. The van der Waals surface area contributed by atoms with E-state index in [2.05, 4.69) is 54.3 Å². The summed E-state index contributed by atoms with van der Waals surface area (Å²) in [6.07, 6.45) is -4.21. The summed E-state index contributed by atoms with van der Waals surface area (Å²) < 4.78 is 60.1. The van der Waals surface area contributed by atoms with Crippen LogP contribution in [-0.4, -0.2) is 82.5 Å². The molecule has 3 aliphatic rings. The molecule has 7 atom stereocenters. The van der Waals surface area contributed by atoms with Crippen molar-refractivity contribution >= 4 is 40.0 Å². The molecule has 2 aliphatic heterocycles. The fourth-order valence-electron chi connectivity index (χ4n) is 8.63. The number of nitrogens with one attached hydrogen (secondary N) is 2. The highest BCUT2D eigenvalue weighted by molar-refractivity contribution is 7.10. The van der Waals surface area contributed by atoms with E-state index in [0.29, 0.717) is 36.5 Å². The molecule has 1 saturated heterocycles. The van der Waals surface area contributed by atoms with E-state index >= 15 is 0 Å². The quantitative estimate of drug-likeness (QED) is 0.120. The molecule has 2 N–H and O–H groups in total. The molecule has 2 amide bonds. The van der Waals surface area contributed by atoms with Gasteiger partial charge >= 0.3 is 12.1 Å². The van der Waals surface area contributed by atoms with E-state index in [9.17, 15) is 27.6 Å². The summed E-state index contributed by atoms with van der Waals surface area (Å²) in [6.45, 7) is 12.7. The molecule has 4 aromatic rings. The Morgan fingerprint density at radius 2 is 1.95 bits per heavy atom. The first kappa shape index (κ1) is 43.7. The Morgan fingerprint density at radius 3 is 2.65 bits per heavy atom. The lowest BCUT2D eigenvalue weighted by atomic mass is 9.84. The average Bonchev–Trinajstić information content (AvgIpc) is 3.50. The van der Waals surface area contributed by atoms with Gasteiger partial charge in [0.25, 0.3) is 5.91 Å². The van der Waals surface area contributed by atoms with Crippen molar-refractivity contribution in [3.8, 4) is 22.5 Å². The number of cyclic esters (lactones) is 1. The summed E-state index contributed by atoms with van der Waals surface area (Å²) in [7, 11) is 1.66. The largest absolute Gasteiger partial charge is 0.464 e. The number of hydrazine groups is 1. The number of hydrogen-bond donors (Lipinski definition) is 2. The Kier molecular flexibility index (Phi) is 12.8. The third-order valence-electron chi connectivity index (χ3n) is 12.3. The zero-order valence-electron chi connectivity index (χ0n) is 35.2. The van der Waals surface area contributed by atoms with Crippen molar-refractivity contribution in [3.05, 3.63) is 58.2 Å². The van der Waals surface area contributed by atoms with Crippen molar-refractivity contribution in [3.63, 3.8) is 0 Å². The predicted octanol–water partition coefficient (Wildman–Crippen LogP) is 7.96. The van der Waals surface area contributed by atoms with Crippen molar-refractivity contribution in [1.29, 1.82) is 0 Å². The van der Waals surface area contributed by atoms with E-state index in [1.807, 2.05) is 38.3 Å². The highest BCUT2D eigenvalue weighted by Gasteiger charge is 2.50. The minimum atomic E-state index is -4.40. The van der Waals surface area contributed by atoms with Crippen LogP contribution in [0, 0.1) is 23.2 Å². The number of aryl methyl sites for hydroxylation is 1. The Balaban J connectivity index is 1.39. The van der Waals surface area contributed by atoms with Crippen LogP contribution < -0.4 is 10.7 Å². The van der Waals surface area contributed by atoms with Crippen LogP contribution in [0.1, 0.15) is 95.7 Å². The van der Waals surface area contributed by atoms with Gasteiger partial charge in [-0.3, -0.25) is 24.4 Å². The predicted molar refractivity (Wildman–Crippen MR) is 221 cm³/mol. The van der Waals surface area contributed by atoms with Gasteiger partial charge in [0.05, 0.1) is 29.8 Å². The number of nitrogens with zero attached hydrogens (tertiary/aromatic N) is 4. The number of carbonyl (C=O) groups excluding carboxylic acids is 3. The standard InChI is InChI=1S/C44H55F3N6O6S/c1-8-52-33-15-14-27-20-29(33)30(37(52)28-12-9-17-48-35(28)26(4)57-7)21-43(5,6)23-59-42(56)31-13-10-18-53(51-31)41(55)36(50-39(54)34-24(2)25(34)3)38(40-49-32(27)22-60-40)58-19-11-16-44(45,46)47/h9,12,14-15,17,20,22,24-26,31,34,36,38,51H,8,10-11,13,16,18-19,21,23H2,1-7H3,(H,50,54)/t24-,25+,26-,31-,34+,36-,38-/m0/s1. The molecule has 1 aliphatic carbocycles. The number of halogens is 3. The van der Waals surface area contributed by atoms with E-state index in [-0.39, 0.29) is 55.9 Å². The SMILES string of the molecule is CCn1c(-c2cccnc2[C@H](C)OC)c2c3cc(ccc31)-c1csc(n1)[C@@H](OCCCC(F)(F)F)[C@H](NC(=O)[C@H]1[C@H](C)[C@@H]1C)C(=O)N1CCC[C@H](N1)C(=O)OCC(C)(C)C2. The molecule has 5 heterocycles. The van der Waals surface area contributed by atoms with Gasteiger partial charge in [-0.1, -0.05) is 33.8 Å². The molecule has 1 aromatic carbocycles. The smallest absolute Gasteiger partial charge is 0.389 e. The lowest BCUT2D eigenvalue weighted by Crippen LogP contribution is -2.61. The molecule has 12 nitrogen and oxygen atoms in total. The molecule has 0 unspecified atom stereocenters. The minimum absolute atomic E-state index is 0.0873. The fourth-order valence-corrected chi connectivity index (χ4v) is 9.54. The number of benzene rings is 1. The number of esters is 1. The highest BCUT2D eigenvalue weighted by atomic mass is 32.1. The molecule has 3 aromatic heterocycles. The van der Waals surface area contributed by atoms with Gasteiger partial charge < -0.3 is 24.1 Å². The summed E-state index contributed by atoms with van der Waals surface area (Å²) in [5, 5.41) is 7.37. The van der Waals surface area contributed by atoms with Crippen molar-refractivity contribution in [2.24, 2.45) is 23.2 Å². The maximum atomic E-state index is 14.6. The van der Waals surface area contributed by atoms with Gasteiger partial charge in [0.1, 0.15) is 23.2 Å². The first-order valence-electron chi connectivity index (χ1n) is 20.8. The van der Waals surface area contributed by atoms with Crippen molar-refractivity contribution in [2.75, 3.05) is 26.9 Å². The van der Waals surface area contributed by atoms with Crippen molar-refractivity contribution < 1.29 is 41.8 Å². The molecular formula is C44H55F3N6O6S. The lowest BCUT2D eigenvalue weighted by molar-refractivity contribution is -0.157. The second-order valence-electron chi connectivity index (χ2n) is 17.2. The molecule has 0 radical (unpaired) electrons. The number of pyridine rings is 1. The second-order valence-corrected chi connectivity index (χ2v) is 18.1. The average molecular weight is 853 g/mol. The van der Waals surface area contributed by atoms with E-state index in [4.69, 9.17) is 24.2 Å². The normalized spacial score (nSPS) is 25.1. The van der Waals surface area contributed by atoms with Crippen LogP contribution in [0.25, 0.3) is 33.4 Å². The summed E-state index contributed by atoms with van der Waals surface area (Å²) in [5.74, 6) is -1.62. The van der Waals surface area contributed by atoms with Gasteiger partial charge in [-0.15, -0.1) is 11.3 Å². The van der Waals surface area contributed by atoms with Gasteiger partial charge in [-0.25, -0.2) is 10.4 Å². The first-order chi connectivity index (χ1) is 28.5. The third-order valence-corrected chi connectivity index (χ3v) is 13.2. The number of carbonyl (C=O) groups is 3. The van der Waals surface area contributed by atoms with Gasteiger partial charge in [-0.05, 0) is 81.2 Å². The highest BCUT2D eigenvalue weighted by Crippen LogP contribution is 2.46. The number of methoxy groups -OCH3 is 1. The van der Waals surface area contributed by atoms with E-state index in [0.717, 1.165) is 39.0 Å². The van der Waals surface area contributed by atoms with Crippen LogP contribution in [0.5, 0.6) is 0 Å². The molecule has 16 heteroatoms. The van der Waals surface area contributed by atoms with Gasteiger partial charge in [0.15, 0.2) is 0 Å². The Labute approximate surface area is 352 Å². The monoisotopic (exact) mass is 852 g/mol.